The van der Waals surface area contributed by atoms with E-state index in [0.717, 1.165) is 31.6 Å². The average molecular weight is 312 g/mol. The van der Waals surface area contributed by atoms with E-state index in [4.69, 9.17) is 11.6 Å². The SMILES string of the molecule is Cc1ncc(-c2nc(Cl)c3cc4ccccc4cc3n2)s1. The fraction of sp³-hybridized carbons (Fsp3) is 0.0625. The maximum atomic E-state index is 6.35. The van der Waals surface area contributed by atoms with Crippen molar-refractivity contribution in [1.82, 2.24) is 15.0 Å². The minimum absolute atomic E-state index is 0.479. The molecule has 0 N–H and O–H groups in total. The number of hydrogen-bond acceptors (Lipinski definition) is 4. The number of nitrogens with zero attached hydrogens (tertiary/aromatic N) is 3. The predicted molar refractivity (Wildman–Crippen MR) is 87.9 cm³/mol. The second kappa shape index (κ2) is 4.76. The number of halogens is 1. The Labute approximate surface area is 130 Å². The molecule has 2 aromatic carbocycles. The molecule has 0 aliphatic heterocycles. The van der Waals surface area contributed by atoms with E-state index in [1.165, 1.54) is 0 Å². The molecule has 3 nitrogen and oxygen atoms in total. The summed E-state index contributed by atoms with van der Waals surface area (Å²) in [5.41, 5.74) is 0.856. The van der Waals surface area contributed by atoms with Gasteiger partial charge in [0, 0.05) is 11.6 Å². The van der Waals surface area contributed by atoms with Crippen molar-refractivity contribution >= 4 is 44.6 Å². The zero-order valence-electron chi connectivity index (χ0n) is 11.2. The Bertz CT molecular complexity index is 978. The van der Waals surface area contributed by atoms with Crippen molar-refractivity contribution in [3.63, 3.8) is 0 Å². The van der Waals surface area contributed by atoms with E-state index in [0.29, 0.717) is 11.0 Å². The van der Waals surface area contributed by atoms with Crippen molar-refractivity contribution in [1.29, 1.82) is 0 Å². The largest absolute Gasteiger partial charge is 0.249 e. The molecule has 0 fully saturated rings. The summed E-state index contributed by atoms with van der Waals surface area (Å²) in [7, 11) is 0. The van der Waals surface area contributed by atoms with Crippen LogP contribution < -0.4 is 0 Å². The maximum absolute atomic E-state index is 6.35. The minimum atomic E-state index is 0.479. The predicted octanol–water partition coefficient (Wildman–Crippen LogP) is 4.87. The highest BCUT2D eigenvalue weighted by Gasteiger charge is 2.11. The molecular weight excluding hydrogens is 302 g/mol. The number of fused-ring (bicyclic) bond motifs is 2. The third-order valence-electron chi connectivity index (χ3n) is 3.36. The maximum Gasteiger partial charge on any atom is 0.173 e. The van der Waals surface area contributed by atoms with Gasteiger partial charge >= 0.3 is 0 Å². The molecule has 0 bridgehead atoms. The Hall–Kier alpha value is -2.04. The van der Waals surface area contributed by atoms with Gasteiger partial charge in [0.2, 0.25) is 0 Å². The Balaban J connectivity index is 2.02. The van der Waals surface area contributed by atoms with E-state index >= 15 is 0 Å². The van der Waals surface area contributed by atoms with Crippen LogP contribution in [0.2, 0.25) is 5.15 Å². The van der Waals surface area contributed by atoms with Gasteiger partial charge < -0.3 is 0 Å². The van der Waals surface area contributed by atoms with Gasteiger partial charge in [-0.25, -0.2) is 15.0 Å². The lowest BCUT2D eigenvalue weighted by Gasteiger charge is -2.05. The Morgan fingerprint density at radius 3 is 2.52 bits per heavy atom. The van der Waals surface area contributed by atoms with Crippen LogP contribution in [0, 0.1) is 6.92 Å². The number of thiazole rings is 1. The fourth-order valence-electron chi connectivity index (χ4n) is 2.35. The van der Waals surface area contributed by atoms with Gasteiger partial charge in [0.15, 0.2) is 5.82 Å². The van der Waals surface area contributed by atoms with Crippen LogP contribution in [0.5, 0.6) is 0 Å². The lowest BCUT2D eigenvalue weighted by Crippen LogP contribution is -1.90. The number of hydrogen-bond donors (Lipinski definition) is 0. The smallest absolute Gasteiger partial charge is 0.173 e. The van der Waals surface area contributed by atoms with E-state index in [2.05, 4.69) is 33.2 Å². The average Bonchev–Trinajstić information content (AvgIpc) is 2.92. The van der Waals surface area contributed by atoms with Crippen molar-refractivity contribution in [3.8, 4) is 10.7 Å². The first-order chi connectivity index (χ1) is 10.2. The van der Waals surface area contributed by atoms with Crippen LogP contribution in [-0.4, -0.2) is 15.0 Å². The van der Waals surface area contributed by atoms with Gasteiger partial charge in [-0.1, -0.05) is 35.9 Å². The van der Waals surface area contributed by atoms with Gasteiger partial charge in [0.25, 0.3) is 0 Å². The second-order valence-corrected chi connectivity index (χ2v) is 6.39. The first kappa shape index (κ1) is 12.7. The van der Waals surface area contributed by atoms with Crippen LogP contribution in [0.25, 0.3) is 32.4 Å². The third kappa shape index (κ3) is 2.17. The molecule has 4 aromatic rings. The van der Waals surface area contributed by atoms with Gasteiger partial charge in [-0.05, 0) is 29.8 Å². The molecule has 5 heteroatoms. The van der Waals surface area contributed by atoms with Gasteiger partial charge in [-0.3, -0.25) is 0 Å². The van der Waals surface area contributed by atoms with E-state index in [1.807, 2.05) is 25.1 Å². The van der Waals surface area contributed by atoms with E-state index in [9.17, 15) is 0 Å². The molecule has 0 radical (unpaired) electrons. The summed E-state index contributed by atoms with van der Waals surface area (Å²) < 4.78 is 0. The van der Waals surface area contributed by atoms with Crippen molar-refractivity contribution < 1.29 is 0 Å². The molecule has 0 aliphatic carbocycles. The monoisotopic (exact) mass is 311 g/mol. The molecule has 2 heterocycles. The van der Waals surface area contributed by atoms with Crippen LogP contribution in [0.4, 0.5) is 0 Å². The summed E-state index contributed by atoms with van der Waals surface area (Å²) in [5, 5.41) is 4.62. The van der Waals surface area contributed by atoms with Crippen LogP contribution in [0.3, 0.4) is 0 Å². The third-order valence-corrected chi connectivity index (χ3v) is 4.56. The summed E-state index contributed by atoms with van der Waals surface area (Å²) in [6.07, 6.45) is 1.79. The topological polar surface area (TPSA) is 38.7 Å². The normalized spacial score (nSPS) is 11.3. The van der Waals surface area contributed by atoms with Crippen LogP contribution in [-0.2, 0) is 0 Å². The number of aromatic nitrogens is 3. The van der Waals surface area contributed by atoms with E-state index in [-0.39, 0.29) is 0 Å². The number of rotatable bonds is 1. The zero-order chi connectivity index (χ0) is 14.4. The molecular formula is C16H10ClN3S. The summed E-state index contributed by atoms with van der Waals surface area (Å²) in [6.45, 7) is 1.96. The summed E-state index contributed by atoms with van der Waals surface area (Å²) >= 11 is 7.92. The fourth-order valence-corrected chi connectivity index (χ4v) is 3.30. The molecule has 0 saturated carbocycles. The van der Waals surface area contributed by atoms with Gasteiger partial charge in [0.05, 0.1) is 15.4 Å². The lowest BCUT2D eigenvalue weighted by atomic mass is 10.1. The van der Waals surface area contributed by atoms with Crippen LogP contribution in [0.15, 0.2) is 42.6 Å². The van der Waals surface area contributed by atoms with E-state index in [1.54, 1.807) is 17.5 Å². The van der Waals surface area contributed by atoms with Crippen molar-refractivity contribution in [3.05, 3.63) is 52.8 Å². The van der Waals surface area contributed by atoms with Gasteiger partial charge in [-0.15, -0.1) is 11.3 Å². The van der Waals surface area contributed by atoms with Gasteiger partial charge in [0.1, 0.15) is 5.15 Å². The van der Waals surface area contributed by atoms with Gasteiger partial charge in [-0.2, -0.15) is 0 Å². The van der Waals surface area contributed by atoms with Crippen LogP contribution in [0.1, 0.15) is 5.01 Å². The number of aryl methyl sites for hydroxylation is 1. The van der Waals surface area contributed by atoms with E-state index < -0.39 is 0 Å². The minimum Gasteiger partial charge on any atom is -0.249 e. The molecule has 0 amide bonds. The standard InChI is InChI=1S/C16H10ClN3S/c1-9-18-8-14(21-9)16-19-13-7-11-5-3-2-4-10(11)6-12(13)15(17)20-16/h2-8H,1H3. The molecule has 0 atom stereocenters. The zero-order valence-corrected chi connectivity index (χ0v) is 12.7. The highest BCUT2D eigenvalue weighted by Crippen LogP contribution is 2.30. The summed E-state index contributed by atoms with van der Waals surface area (Å²) in [6, 6.07) is 12.2. The molecule has 0 spiro atoms. The molecule has 4 rings (SSSR count). The highest BCUT2D eigenvalue weighted by molar-refractivity contribution is 7.14. The first-order valence-corrected chi connectivity index (χ1v) is 7.69. The summed E-state index contributed by atoms with van der Waals surface area (Å²) in [5.74, 6) is 0.633. The highest BCUT2D eigenvalue weighted by atomic mass is 35.5. The van der Waals surface area contributed by atoms with Crippen molar-refractivity contribution in [2.45, 2.75) is 6.92 Å². The Morgan fingerprint density at radius 1 is 1.05 bits per heavy atom. The molecule has 2 aromatic heterocycles. The molecule has 21 heavy (non-hydrogen) atoms. The van der Waals surface area contributed by atoms with Crippen molar-refractivity contribution in [2.75, 3.05) is 0 Å². The van der Waals surface area contributed by atoms with Crippen molar-refractivity contribution in [2.24, 2.45) is 0 Å². The molecule has 0 aliphatic rings. The summed E-state index contributed by atoms with van der Waals surface area (Å²) in [4.78, 5) is 14.2. The Kier molecular flexibility index (Phi) is 2.87. The Morgan fingerprint density at radius 2 is 1.81 bits per heavy atom. The number of benzene rings is 2. The van der Waals surface area contributed by atoms with Crippen LogP contribution >= 0.6 is 22.9 Å². The first-order valence-electron chi connectivity index (χ1n) is 6.49. The lowest BCUT2D eigenvalue weighted by molar-refractivity contribution is 1.23. The molecule has 102 valence electrons. The molecule has 0 saturated heterocycles. The quantitative estimate of drug-likeness (QED) is 0.372. The molecule has 0 unspecified atom stereocenters. The second-order valence-electron chi connectivity index (χ2n) is 4.80.